The number of nitrogens with one attached hydrogen (secondary N) is 2. The fraction of sp³-hybridized carbons (Fsp3) is 0.286. The third-order valence-electron chi connectivity index (χ3n) is 6.29. The van der Waals surface area contributed by atoms with E-state index in [9.17, 15) is 9.59 Å². The second-order valence-electron chi connectivity index (χ2n) is 9.01. The van der Waals surface area contributed by atoms with Crippen molar-refractivity contribution in [1.82, 2.24) is 5.32 Å². The number of rotatable bonds is 7. The molecule has 0 saturated carbocycles. The van der Waals surface area contributed by atoms with Crippen LogP contribution < -0.4 is 15.5 Å². The Hall–Kier alpha value is -3.02. The van der Waals surface area contributed by atoms with Crippen molar-refractivity contribution in [1.29, 1.82) is 0 Å². The van der Waals surface area contributed by atoms with E-state index in [0.717, 1.165) is 38.0 Å². The van der Waals surface area contributed by atoms with Crippen LogP contribution in [0.4, 0.5) is 11.4 Å². The maximum absolute atomic E-state index is 13.3. The molecule has 1 heterocycles. The zero-order valence-corrected chi connectivity index (χ0v) is 21.2. The van der Waals surface area contributed by atoms with Gasteiger partial charge in [-0.15, -0.1) is 0 Å². The SMILES string of the molecule is CC1CCN(c2ccc(NC(=O)c3cc(Cl)cc(Cl)c3)cc2C(=O)NCCc2ccccc2)CC1. The Balaban J connectivity index is 1.54. The summed E-state index contributed by atoms with van der Waals surface area (Å²) in [6.45, 7) is 4.59. The molecule has 1 aliphatic heterocycles. The summed E-state index contributed by atoms with van der Waals surface area (Å²) in [6.07, 6.45) is 2.92. The van der Waals surface area contributed by atoms with Crippen molar-refractivity contribution < 1.29 is 9.59 Å². The molecule has 0 aliphatic carbocycles. The van der Waals surface area contributed by atoms with E-state index in [0.29, 0.717) is 39.3 Å². The molecule has 3 aromatic carbocycles. The standard InChI is InChI=1S/C28H29Cl2N3O2/c1-19-10-13-33(14-11-19)26-8-7-24(32-27(34)21-15-22(29)17-23(30)16-21)18-25(26)28(35)31-12-9-20-5-3-2-4-6-20/h2-8,15-19H,9-14H2,1H3,(H,31,35)(H,32,34). The zero-order valence-electron chi connectivity index (χ0n) is 19.7. The lowest BCUT2D eigenvalue weighted by atomic mass is 9.97. The normalized spacial score (nSPS) is 14.0. The second-order valence-corrected chi connectivity index (χ2v) is 9.88. The van der Waals surface area contributed by atoms with Gasteiger partial charge in [0.1, 0.15) is 0 Å². The monoisotopic (exact) mass is 509 g/mol. The minimum absolute atomic E-state index is 0.156. The predicted octanol–water partition coefficient (Wildman–Crippen LogP) is 6.45. The first-order valence-electron chi connectivity index (χ1n) is 11.9. The highest BCUT2D eigenvalue weighted by molar-refractivity contribution is 6.35. The quantitative estimate of drug-likeness (QED) is 0.384. The molecule has 0 unspecified atom stereocenters. The van der Waals surface area contributed by atoms with Gasteiger partial charge in [0, 0.05) is 46.6 Å². The summed E-state index contributed by atoms with van der Waals surface area (Å²) < 4.78 is 0. The fourth-order valence-electron chi connectivity index (χ4n) is 4.27. The van der Waals surface area contributed by atoms with Crippen molar-refractivity contribution in [2.45, 2.75) is 26.2 Å². The smallest absolute Gasteiger partial charge is 0.255 e. The van der Waals surface area contributed by atoms with Crippen LogP contribution in [0.25, 0.3) is 0 Å². The van der Waals surface area contributed by atoms with Crippen molar-refractivity contribution in [2.24, 2.45) is 5.92 Å². The number of carbonyl (C=O) groups excluding carboxylic acids is 2. The lowest BCUT2D eigenvalue weighted by molar-refractivity contribution is 0.0953. The molecule has 0 atom stereocenters. The first kappa shape index (κ1) is 25.1. The molecule has 182 valence electrons. The Morgan fingerprint density at radius 2 is 1.60 bits per heavy atom. The van der Waals surface area contributed by atoms with Gasteiger partial charge in [-0.3, -0.25) is 9.59 Å². The number of amides is 2. The number of nitrogens with zero attached hydrogens (tertiary/aromatic N) is 1. The summed E-state index contributed by atoms with van der Waals surface area (Å²) in [4.78, 5) is 28.3. The summed E-state index contributed by atoms with van der Waals surface area (Å²) in [6, 6.07) is 20.2. The Bertz CT molecular complexity index is 1170. The molecule has 4 rings (SSSR count). The third kappa shape index (κ3) is 6.77. The maximum Gasteiger partial charge on any atom is 0.255 e. The van der Waals surface area contributed by atoms with Crippen LogP contribution in [0.3, 0.4) is 0 Å². The first-order chi connectivity index (χ1) is 16.9. The van der Waals surface area contributed by atoms with E-state index < -0.39 is 0 Å². The molecular formula is C28H29Cl2N3O2. The molecule has 0 radical (unpaired) electrons. The minimum Gasteiger partial charge on any atom is -0.371 e. The molecular weight excluding hydrogens is 481 g/mol. The van der Waals surface area contributed by atoms with Crippen molar-refractivity contribution in [3.05, 3.63) is 93.5 Å². The fourth-order valence-corrected chi connectivity index (χ4v) is 4.80. The van der Waals surface area contributed by atoms with Crippen molar-refractivity contribution in [2.75, 3.05) is 29.9 Å². The van der Waals surface area contributed by atoms with Crippen LogP contribution in [0.15, 0.2) is 66.7 Å². The van der Waals surface area contributed by atoms with Gasteiger partial charge in [0.2, 0.25) is 0 Å². The van der Waals surface area contributed by atoms with Crippen LogP contribution in [0.2, 0.25) is 10.0 Å². The van der Waals surface area contributed by atoms with E-state index in [1.807, 2.05) is 42.5 Å². The van der Waals surface area contributed by atoms with Gasteiger partial charge in [0.25, 0.3) is 11.8 Å². The van der Waals surface area contributed by atoms with Crippen LogP contribution in [0.1, 0.15) is 46.0 Å². The number of carbonyl (C=O) groups is 2. The summed E-state index contributed by atoms with van der Waals surface area (Å²) in [5, 5.41) is 6.69. The van der Waals surface area contributed by atoms with Crippen LogP contribution in [-0.2, 0) is 6.42 Å². The molecule has 5 nitrogen and oxygen atoms in total. The van der Waals surface area contributed by atoms with E-state index in [1.54, 1.807) is 24.3 Å². The van der Waals surface area contributed by atoms with Crippen LogP contribution in [0, 0.1) is 5.92 Å². The molecule has 0 bridgehead atoms. The minimum atomic E-state index is -0.343. The predicted molar refractivity (Wildman–Crippen MR) is 144 cm³/mol. The Kier molecular flexibility index (Phi) is 8.32. The highest BCUT2D eigenvalue weighted by atomic mass is 35.5. The first-order valence-corrected chi connectivity index (χ1v) is 12.6. The summed E-state index contributed by atoms with van der Waals surface area (Å²) in [5.41, 5.74) is 3.49. The third-order valence-corrected chi connectivity index (χ3v) is 6.73. The highest BCUT2D eigenvalue weighted by Crippen LogP contribution is 2.29. The van der Waals surface area contributed by atoms with Gasteiger partial charge in [0.05, 0.1) is 5.56 Å². The van der Waals surface area contributed by atoms with Gasteiger partial charge in [-0.1, -0.05) is 60.5 Å². The van der Waals surface area contributed by atoms with E-state index in [2.05, 4.69) is 22.5 Å². The topological polar surface area (TPSA) is 61.4 Å². The average Bonchev–Trinajstić information content (AvgIpc) is 2.84. The Morgan fingerprint density at radius 3 is 2.29 bits per heavy atom. The van der Waals surface area contributed by atoms with Crippen LogP contribution >= 0.6 is 23.2 Å². The number of hydrogen-bond acceptors (Lipinski definition) is 3. The van der Waals surface area contributed by atoms with E-state index in [1.165, 1.54) is 5.56 Å². The van der Waals surface area contributed by atoms with Crippen molar-refractivity contribution in [3.63, 3.8) is 0 Å². The van der Waals surface area contributed by atoms with Crippen LogP contribution in [-0.4, -0.2) is 31.4 Å². The molecule has 1 fully saturated rings. The second kappa shape index (κ2) is 11.6. The molecule has 2 amide bonds. The number of anilines is 2. The molecule has 2 N–H and O–H groups in total. The lowest BCUT2D eigenvalue weighted by Gasteiger charge is -2.33. The molecule has 0 spiro atoms. The van der Waals surface area contributed by atoms with Gasteiger partial charge in [-0.25, -0.2) is 0 Å². The molecule has 0 aromatic heterocycles. The number of benzene rings is 3. The van der Waals surface area contributed by atoms with Gasteiger partial charge < -0.3 is 15.5 Å². The van der Waals surface area contributed by atoms with Gasteiger partial charge in [0.15, 0.2) is 0 Å². The molecule has 1 aliphatic rings. The van der Waals surface area contributed by atoms with Crippen molar-refractivity contribution >= 4 is 46.4 Å². The Morgan fingerprint density at radius 1 is 0.914 bits per heavy atom. The Labute approximate surface area is 216 Å². The number of hydrogen-bond donors (Lipinski definition) is 2. The van der Waals surface area contributed by atoms with E-state index in [4.69, 9.17) is 23.2 Å². The maximum atomic E-state index is 13.3. The molecule has 35 heavy (non-hydrogen) atoms. The van der Waals surface area contributed by atoms with E-state index in [-0.39, 0.29) is 11.8 Å². The zero-order chi connectivity index (χ0) is 24.8. The number of piperidine rings is 1. The molecule has 3 aromatic rings. The molecule has 7 heteroatoms. The average molecular weight is 510 g/mol. The van der Waals surface area contributed by atoms with Gasteiger partial charge in [-0.05, 0) is 67.1 Å². The van der Waals surface area contributed by atoms with Crippen LogP contribution in [0.5, 0.6) is 0 Å². The number of halogens is 2. The summed E-state index contributed by atoms with van der Waals surface area (Å²) >= 11 is 12.1. The summed E-state index contributed by atoms with van der Waals surface area (Å²) in [7, 11) is 0. The summed E-state index contributed by atoms with van der Waals surface area (Å²) in [5.74, 6) is 0.179. The largest absolute Gasteiger partial charge is 0.371 e. The highest BCUT2D eigenvalue weighted by Gasteiger charge is 2.22. The molecule has 1 saturated heterocycles. The van der Waals surface area contributed by atoms with Crippen molar-refractivity contribution in [3.8, 4) is 0 Å². The van der Waals surface area contributed by atoms with Gasteiger partial charge in [-0.2, -0.15) is 0 Å². The van der Waals surface area contributed by atoms with Gasteiger partial charge >= 0.3 is 0 Å². The van der Waals surface area contributed by atoms with E-state index >= 15 is 0 Å². The lowest BCUT2D eigenvalue weighted by Crippen LogP contribution is -2.35.